The molecule has 2 aliphatic rings. The number of thioether (sulfide) groups is 1. The fourth-order valence-corrected chi connectivity index (χ4v) is 3.97. The number of benzene rings is 1. The van der Waals surface area contributed by atoms with E-state index in [2.05, 4.69) is 21.6 Å². The van der Waals surface area contributed by atoms with E-state index in [0.29, 0.717) is 30.2 Å². The summed E-state index contributed by atoms with van der Waals surface area (Å²) < 4.78 is 17.1. The Morgan fingerprint density at radius 2 is 2.04 bits per heavy atom. The van der Waals surface area contributed by atoms with Crippen LogP contribution in [0.15, 0.2) is 33.9 Å². The first-order valence-electron chi connectivity index (χ1n) is 9.24. The number of fused-ring (bicyclic) bond motifs is 1. The normalized spacial score (nSPS) is 20.2. The summed E-state index contributed by atoms with van der Waals surface area (Å²) in [6, 6.07) is 9.66. The number of carbonyl (C=O) groups excluding carboxylic acids is 1. The molecule has 1 atom stereocenters. The topological polar surface area (TPSA) is 110 Å². The number of amides is 1. The van der Waals surface area contributed by atoms with Crippen molar-refractivity contribution in [1.29, 1.82) is 5.26 Å². The number of nitrogens with zero attached hydrogens (tertiary/aromatic N) is 3. The molecule has 4 rings (SSSR count). The summed E-state index contributed by atoms with van der Waals surface area (Å²) in [5, 5.41) is 20.6. The molecule has 146 valence electrons. The number of carbonyl (C=O) groups is 1. The van der Waals surface area contributed by atoms with Crippen LogP contribution in [0.3, 0.4) is 0 Å². The van der Waals surface area contributed by atoms with Gasteiger partial charge in [0.2, 0.25) is 12.0 Å². The van der Waals surface area contributed by atoms with Crippen molar-refractivity contribution in [2.75, 3.05) is 12.4 Å². The number of ether oxygens (including phenoxy) is 2. The second-order valence-electron chi connectivity index (χ2n) is 6.86. The van der Waals surface area contributed by atoms with Crippen molar-refractivity contribution < 1.29 is 18.7 Å². The Kier molecular flexibility index (Phi) is 5.39. The van der Waals surface area contributed by atoms with Gasteiger partial charge in [0.1, 0.15) is 12.1 Å². The van der Waals surface area contributed by atoms with Crippen molar-refractivity contribution in [3.8, 4) is 17.6 Å². The van der Waals surface area contributed by atoms with Crippen LogP contribution in [0, 0.1) is 11.3 Å². The molecule has 2 aromatic rings. The van der Waals surface area contributed by atoms with Crippen LogP contribution < -0.4 is 14.8 Å². The van der Waals surface area contributed by atoms with E-state index in [0.717, 1.165) is 31.0 Å². The number of hydrogen-bond acceptors (Lipinski definition) is 8. The number of para-hydroxylation sites is 2. The van der Waals surface area contributed by atoms with Crippen molar-refractivity contribution in [2.45, 2.75) is 49.0 Å². The lowest BCUT2D eigenvalue weighted by Crippen LogP contribution is -2.49. The summed E-state index contributed by atoms with van der Waals surface area (Å²) in [5.74, 6) is 1.51. The highest BCUT2D eigenvalue weighted by Crippen LogP contribution is 2.36. The predicted molar refractivity (Wildman–Crippen MR) is 99.9 cm³/mol. The molecular formula is C19H20N4O4S. The highest BCUT2D eigenvalue weighted by Gasteiger charge is 2.33. The summed E-state index contributed by atoms with van der Waals surface area (Å²) >= 11 is 1.14. The second kappa shape index (κ2) is 8.10. The fraction of sp³-hybridized carbons (Fsp3) is 0.474. The third kappa shape index (κ3) is 4.07. The average Bonchev–Trinajstić information content (AvgIpc) is 3.22. The largest absolute Gasteiger partial charge is 0.485 e. The van der Waals surface area contributed by atoms with Gasteiger partial charge in [0.05, 0.1) is 11.8 Å². The Morgan fingerprint density at radius 1 is 1.25 bits per heavy atom. The van der Waals surface area contributed by atoms with E-state index < -0.39 is 11.6 Å². The lowest BCUT2D eigenvalue weighted by atomic mass is 9.83. The van der Waals surface area contributed by atoms with E-state index >= 15 is 0 Å². The first-order chi connectivity index (χ1) is 13.7. The number of hydrogen-bond donors (Lipinski definition) is 1. The minimum absolute atomic E-state index is 0.107. The third-order valence-electron chi connectivity index (χ3n) is 4.83. The maximum atomic E-state index is 12.3. The van der Waals surface area contributed by atoms with Crippen LogP contribution in [0.2, 0.25) is 0 Å². The van der Waals surface area contributed by atoms with E-state index in [-0.39, 0.29) is 23.5 Å². The molecular weight excluding hydrogens is 380 g/mol. The lowest BCUT2D eigenvalue weighted by molar-refractivity contribution is -0.120. The van der Waals surface area contributed by atoms with E-state index in [9.17, 15) is 10.1 Å². The van der Waals surface area contributed by atoms with Gasteiger partial charge in [0.25, 0.3) is 11.1 Å². The van der Waals surface area contributed by atoms with Crippen LogP contribution in [-0.4, -0.2) is 34.0 Å². The quantitative estimate of drug-likeness (QED) is 0.763. The van der Waals surface area contributed by atoms with Crippen LogP contribution in [0.25, 0.3) is 0 Å². The van der Waals surface area contributed by atoms with Crippen LogP contribution >= 0.6 is 11.8 Å². The Labute approximate surface area is 166 Å². The molecule has 0 saturated heterocycles. The molecule has 28 heavy (non-hydrogen) atoms. The summed E-state index contributed by atoms with van der Waals surface area (Å²) in [7, 11) is 0. The van der Waals surface area contributed by atoms with Crippen molar-refractivity contribution in [2.24, 2.45) is 0 Å². The maximum Gasteiger partial charge on any atom is 0.277 e. The molecule has 8 nitrogen and oxygen atoms in total. The smallest absolute Gasteiger partial charge is 0.277 e. The van der Waals surface area contributed by atoms with Gasteiger partial charge in [0.15, 0.2) is 11.5 Å². The highest BCUT2D eigenvalue weighted by molar-refractivity contribution is 7.99. The van der Waals surface area contributed by atoms with Gasteiger partial charge in [-0.15, -0.1) is 10.2 Å². The summed E-state index contributed by atoms with van der Waals surface area (Å²) in [5.41, 5.74) is -0.740. The zero-order chi connectivity index (χ0) is 19.4. The Bertz CT molecular complexity index is 888. The number of nitriles is 1. The van der Waals surface area contributed by atoms with Crippen LogP contribution in [0.1, 0.15) is 44.1 Å². The molecule has 1 N–H and O–H groups in total. The molecule has 9 heteroatoms. The van der Waals surface area contributed by atoms with Gasteiger partial charge in [-0.2, -0.15) is 5.26 Å². The third-order valence-corrected chi connectivity index (χ3v) is 5.65. The van der Waals surface area contributed by atoms with Gasteiger partial charge in [-0.1, -0.05) is 43.2 Å². The van der Waals surface area contributed by atoms with E-state index in [4.69, 9.17) is 13.9 Å². The second-order valence-corrected chi connectivity index (χ2v) is 7.79. The minimum atomic E-state index is -0.740. The zero-order valence-electron chi connectivity index (χ0n) is 15.2. The van der Waals surface area contributed by atoms with Gasteiger partial charge in [-0.3, -0.25) is 4.79 Å². The molecule has 0 unspecified atom stereocenters. The monoisotopic (exact) mass is 400 g/mol. The zero-order valence-corrected chi connectivity index (χ0v) is 16.0. The Balaban J connectivity index is 1.32. The lowest BCUT2D eigenvalue weighted by Gasteiger charge is -2.31. The highest BCUT2D eigenvalue weighted by atomic mass is 32.2. The van der Waals surface area contributed by atoms with Crippen LogP contribution in [-0.2, 0) is 4.79 Å². The first kappa shape index (κ1) is 18.6. The fourth-order valence-electron chi connectivity index (χ4n) is 3.40. The van der Waals surface area contributed by atoms with Crippen molar-refractivity contribution >= 4 is 17.7 Å². The summed E-state index contributed by atoms with van der Waals surface area (Å²) in [6.07, 6.45) is 3.93. The summed E-state index contributed by atoms with van der Waals surface area (Å²) in [4.78, 5) is 12.3. The van der Waals surface area contributed by atoms with Gasteiger partial charge < -0.3 is 19.2 Å². The number of nitrogens with one attached hydrogen (secondary N) is 1. The first-order valence-corrected chi connectivity index (χ1v) is 10.2. The molecule has 1 aliphatic heterocycles. The molecule has 1 amide bonds. The van der Waals surface area contributed by atoms with E-state index in [1.165, 1.54) is 0 Å². The van der Waals surface area contributed by atoms with E-state index in [1.807, 2.05) is 24.3 Å². The predicted octanol–water partition coefficient (Wildman–Crippen LogP) is 3.02. The van der Waals surface area contributed by atoms with Crippen molar-refractivity contribution in [3.63, 3.8) is 0 Å². The number of aromatic nitrogens is 2. The Hall–Kier alpha value is -2.73. The molecule has 1 aromatic heterocycles. The van der Waals surface area contributed by atoms with Gasteiger partial charge >= 0.3 is 0 Å². The van der Waals surface area contributed by atoms with Crippen LogP contribution in [0.5, 0.6) is 11.5 Å². The van der Waals surface area contributed by atoms with Crippen molar-refractivity contribution in [3.05, 3.63) is 30.2 Å². The maximum absolute atomic E-state index is 12.3. The SMILES string of the molecule is N#CC1(NC(=O)CSc2nnc([C@@H]3COc4ccccc4O3)o2)CCCCC1. The molecule has 1 fully saturated rings. The van der Waals surface area contributed by atoms with Gasteiger partial charge in [-0.25, -0.2) is 0 Å². The van der Waals surface area contributed by atoms with Crippen molar-refractivity contribution in [1.82, 2.24) is 15.5 Å². The Morgan fingerprint density at radius 3 is 2.82 bits per heavy atom. The molecule has 0 radical (unpaired) electrons. The van der Waals surface area contributed by atoms with Crippen LogP contribution in [0.4, 0.5) is 0 Å². The minimum Gasteiger partial charge on any atom is -0.485 e. The van der Waals surface area contributed by atoms with Gasteiger partial charge in [-0.05, 0) is 25.0 Å². The molecule has 1 saturated carbocycles. The molecule has 0 bridgehead atoms. The molecule has 1 aliphatic carbocycles. The molecule has 0 spiro atoms. The standard InChI is InChI=1S/C19H20N4O4S/c20-12-19(8-4-1-5-9-19)21-16(24)11-28-18-23-22-17(27-18)15-10-25-13-6-2-3-7-14(13)26-15/h2-3,6-7,15H,1,4-5,8-11H2,(H,21,24)/t15-/m0/s1. The molecule has 1 aromatic carbocycles. The summed E-state index contributed by atoms with van der Waals surface area (Å²) in [6.45, 7) is 0.272. The van der Waals surface area contributed by atoms with E-state index in [1.54, 1.807) is 0 Å². The number of rotatable bonds is 5. The molecule has 2 heterocycles. The van der Waals surface area contributed by atoms with Gasteiger partial charge in [0, 0.05) is 0 Å². The average molecular weight is 400 g/mol.